The van der Waals surface area contributed by atoms with Crippen LogP contribution in [-0.2, 0) is 7.05 Å². The third kappa shape index (κ3) is 2.83. The molecule has 0 bridgehead atoms. The van der Waals surface area contributed by atoms with E-state index in [4.69, 9.17) is 0 Å². The second-order valence-electron chi connectivity index (χ2n) is 7.00. The maximum atomic E-state index is 4.35. The fourth-order valence-electron chi connectivity index (χ4n) is 3.91. The van der Waals surface area contributed by atoms with Gasteiger partial charge in [0.1, 0.15) is 5.82 Å². The first-order valence-corrected chi connectivity index (χ1v) is 8.45. The number of anilines is 1. The van der Waals surface area contributed by atoms with Crippen molar-refractivity contribution >= 4 is 5.82 Å². The van der Waals surface area contributed by atoms with Gasteiger partial charge in [-0.25, -0.2) is 0 Å². The molecule has 23 heavy (non-hydrogen) atoms. The molecule has 1 spiro atoms. The Hall–Kier alpha value is -1.95. The molecule has 2 fully saturated rings. The van der Waals surface area contributed by atoms with Crippen LogP contribution in [0.15, 0.2) is 18.3 Å². The Kier molecular flexibility index (Phi) is 3.56. The van der Waals surface area contributed by atoms with Crippen molar-refractivity contribution in [3.8, 4) is 11.3 Å². The van der Waals surface area contributed by atoms with Crippen molar-refractivity contribution in [2.75, 3.05) is 25.0 Å². The van der Waals surface area contributed by atoms with E-state index in [1.54, 1.807) is 0 Å². The third-order valence-corrected chi connectivity index (χ3v) is 5.44. The second kappa shape index (κ2) is 5.60. The minimum atomic E-state index is 0.610. The van der Waals surface area contributed by atoms with Gasteiger partial charge >= 0.3 is 0 Å². The van der Waals surface area contributed by atoms with Crippen LogP contribution in [0.4, 0.5) is 5.82 Å². The molecule has 6 nitrogen and oxygen atoms in total. The Morgan fingerprint density at radius 1 is 1.30 bits per heavy atom. The zero-order valence-electron chi connectivity index (χ0n) is 13.8. The first-order valence-electron chi connectivity index (χ1n) is 8.45. The molecular weight excluding hydrogens is 288 g/mol. The van der Waals surface area contributed by atoms with E-state index in [-0.39, 0.29) is 0 Å². The van der Waals surface area contributed by atoms with Crippen molar-refractivity contribution in [3.05, 3.63) is 24.0 Å². The number of nitrogens with zero attached hydrogens (tertiary/aromatic N) is 4. The topological polar surface area (TPSA) is 67.7 Å². The van der Waals surface area contributed by atoms with Crippen LogP contribution in [0.2, 0.25) is 0 Å². The van der Waals surface area contributed by atoms with Crippen molar-refractivity contribution in [1.82, 2.24) is 25.3 Å². The summed E-state index contributed by atoms with van der Waals surface area (Å²) in [5, 5.41) is 19.9. The average molecular weight is 312 g/mol. The molecule has 0 aromatic carbocycles. The van der Waals surface area contributed by atoms with Gasteiger partial charge in [-0.2, -0.15) is 5.10 Å². The van der Waals surface area contributed by atoms with Crippen molar-refractivity contribution in [1.29, 1.82) is 0 Å². The first kappa shape index (κ1) is 14.6. The van der Waals surface area contributed by atoms with Gasteiger partial charge in [-0.05, 0) is 62.7 Å². The number of hydrogen-bond acceptors (Lipinski definition) is 5. The summed E-state index contributed by atoms with van der Waals surface area (Å²) in [5.74, 6) is 1.66. The predicted molar refractivity (Wildman–Crippen MR) is 90.1 cm³/mol. The summed E-state index contributed by atoms with van der Waals surface area (Å²) in [4.78, 5) is 0. The Bertz CT molecular complexity index is 684. The SMILES string of the molecule is Cc1nn(C)cc1-c1ccc(NCC2CC23CCNCC3)nn1. The van der Waals surface area contributed by atoms with Crippen molar-refractivity contribution in [2.24, 2.45) is 18.4 Å². The smallest absolute Gasteiger partial charge is 0.148 e. The number of piperidine rings is 1. The van der Waals surface area contributed by atoms with E-state index in [9.17, 15) is 0 Å². The van der Waals surface area contributed by atoms with E-state index in [1.165, 1.54) is 32.4 Å². The third-order valence-electron chi connectivity index (χ3n) is 5.44. The summed E-state index contributed by atoms with van der Waals surface area (Å²) in [6.45, 7) is 5.36. The molecule has 1 saturated carbocycles. The molecule has 2 aromatic heterocycles. The van der Waals surface area contributed by atoms with Gasteiger partial charge in [0.05, 0.1) is 11.4 Å². The maximum Gasteiger partial charge on any atom is 0.148 e. The van der Waals surface area contributed by atoms with E-state index in [0.717, 1.165) is 35.2 Å². The van der Waals surface area contributed by atoms with Crippen LogP contribution in [0.5, 0.6) is 0 Å². The molecule has 2 aliphatic rings. The summed E-state index contributed by atoms with van der Waals surface area (Å²) in [5.41, 5.74) is 3.51. The van der Waals surface area contributed by atoms with Gasteiger partial charge in [0, 0.05) is 25.4 Å². The zero-order valence-corrected chi connectivity index (χ0v) is 13.8. The summed E-state index contributed by atoms with van der Waals surface area (Å²) < 4.78 is 1.81. The molecule has 6 heteroatoms. The van der Waals surface area contributed by atoms with Crippen molar-refractivity contribution in [2.45, 2.75) is 26.2 Å². The van der Waals surface area contributed by atoms with Crippen LogP contribution in [0.3, 0.4) is 0 Å². The van der Waals surface area contributed by atoms with Crippen LogP contribution in [0.25, 0.3) is 11.3 Å². The van der Waals surface area contributed by atoms with Gasteiger partial charge in [0.15, 0.2) is 0 Å². The highest BCUT2D eigenvalue weighted by molar-refractivity contribution is 5.61. The average Bonchev–Trinajstić information content (AvgIpc) is 3.10. The predicted octanol–water partition coefficient (Wildman–Crippen LogP) is 1.99. The zero-order chi connectivity index (χ0) is 15.9. The van der Waals surface area contributed by atoms with Crippen LogP contribution < -0.4 is 10.6 Å². The molecule has 0 radical (unpaired) electrons. The molecular formula is C17H24N6. The number of nitrogens with one attached hydrogen (secondary N) is 2. The minimum absolute atomic E-state index is 0.610. The largest absolute Gasteiger partial charge is 0.368 e. The van der Waals surface area contributed by atoms with Crippen LogP contribution in [-0.4, -0.2) is 39.6 Å². The monoisotopic (exact) mass is 312 g/mol. The lowest BCUT2D eigenvalue weighted by Crippen LogP contribution is -2.30. The van der Waals surface area contributed by atoms with Crippen LogP contribution in [0.1, 0.15) is 25.0 Å². The normalized spacial score (nSPS) is 22.3. The molecule has 4 rings (SSSR count). The Morgan fingerprint density at radius 3 is 2.78 bits per heavy atom. The summed E-state index contributed by atoms with van der Waals surface area (Å²) in [6.07, 6.45) is 5.99. The number of rotatable bonds is 4. The lowest BCUT2D eigenvalue weighted by atomic mass is 9.92. The van der Waals surface area contributed by atoms with Crippen molar-refractivity contribution < 1.29 is 0 Å². The second-order valence-corrected chi connectivity index (χ2v) is 7.00. The molecule has 2 N–H and O–H groups in total. The first-order chi connectivity index (χ1) is 11.2. The molecule has 1 aliphatic carbocycles. The quantitative estimate of drug-likeness (QED) is 0.903. The number of hydrogen-bond donors (Lipinski definition) is 2. The molecule has 1 atom stereocenters. The van der Waals surface area contributed by atoms with E-state index in [2.05, 4.69) is 25.9 Å². The van der Waals surface area contributed by atoms with Gasteiger partial charge in [0.25, 0.3) is 0 Å². The number of aromatic nitrogens is 4. The Morgan fingerprint density at radius 2 is 2.13 bits per heavy atom. The standard InChI is InChI=1S/C17H24N6/c1-12-14(11-23(2)22-12)15-3-4-16(21-20-15)19-10-13-9-17(13)5-7-18-8-6-17/h3-4,11,13,18H,5-10H2,1-2H3,(H,19,21). The van der Waals surface area contributed by atoms with Crippen LogP contribution in [0, 0.1) is 18.3 Å². The van der Waals surface area contributed by atoms with Crippen molar-refractivity contribution in [3.63, 3.8) is 0 Å². The van der Waals surface area contributed by atoms with Gasteiger partial charge in [-0.1, -0.05) is 0 Å². The molecule has 0 amide bonds. The molecule has 3 heterocycles. The highest BCUT2D eigenvalue weighted by Gasteiger charge is 2.53. The lowest BCUT2D eigenvalue weighted by molar-refractivity contribution is 0.326. The highest BCUT2D eigenvalue weighted by Crippen LogP contribution is 2.58. The molecule has 1 aliphatic heterocycles. The highest BCUT2D eigenvalue weighted by atomic mass is 15.3. The van der Waals surface area contributed by atoms with Gasteiger partial charge < -0.3 is 10.6 Å². The minimum Gasteiger partial charge on any atom is -0.368 e. The molecule has 122 valence electrons. The van der Waals surface area contributed by atoms with Gasteiger partial charge in [-0.3, -0.25) is 4.68 Å². The van der Waals surface area contributed by atoms with E-state index < -0.39 is 0 Å². The van der Waals surface area contributed by atoms with Gasteiger partial charge in [-0.15, -0.1) is 10.2 Å². The van der Waals surface area contributed by atoms with E-state index in [0.29, 0.717) is 5.41 Å². The summed E-state index contributed by atoms with van der Waals surface area (Å²) in [6, 6.07) is 4.04. The summed E-state index contributed by atoms with van der Waals surface area (Å²) >= 11 is 0. The Balaban J connectivity index is 1.37. The number of aryl methyl sites for hydroxylation is 2. The van der Waals surface area contributed by atoms with E-state index in [1.807, 2.05) is 37.0 Å². The lowest BCUT2D eigenvalue weighted by Gasteiger charge is -2.23. The fraction of sp³-hybridized carbons (Fsp3) is 0.588. The van der Waals surface area contributed by atoms with Crippen LogP contribution >= 0.6 is 0 Å². The molecule has 2 aromatic rings. The molecule has 1 saturated heterocycles. The maximum absolute atomic E-state index is 4.35. The van der Waals surface area contributed by atoms with Gasteiger partial charge in [0.2, 0.25) is 0 Å². The summed E-state index contributed by atoms with van der Waals surface area (Å²) in [7, 11) is 1.92. The van der Waals surface area contributed by atoms with E-state index >= 15 is 0 Å². The molecule has 1 unspecified atom stereocenters. The Labute approximate surface area is 136 Å². The fourth-order valence-corrected chi connectivity index (χ4v) is 3.91.